The zero-order valence-electron chi connectivity index (χ0n) is 30.7. The molecule has 2 bridgehead atoms. The minimum Gasteiger partial charge on any atom is -0.458 e. The predicted molar refractivity (Wildman–Crippen MR) is 188 cm³/mol. The molecule has 3 saturated carbocycles. The van der Waals surface area contributed by atoms with Crippen LogP contribution in [0.3, 0.4) is 0 Å². The first-order valence-electron chi connectivity index (χ1n) is 19.0. The van der Waals surface area contributed by atoms with Crippen LogP contribution in [0.25, 0.3) is 6.08 Å². The highest BCUT2D eigenvalue weighted by Crippen LogP contribution is 2.64. The summed E-state index contributed by atoms with van der Waals surface area (Å²) in [7, 11) is 1.54. The Balaban J connectivity index is 1.13. The topological polar surface area (TPSA) is 153 Å². The monoisotopic (exact) mass is 783 g/mol. The number of amides is 2. The Morgan fingerprint density at radius 2 is 1.73 bits per heavy atom. The van der Waals surface area contributed by atoms with Crippen molar-refractivity contribution in [2.75, 3.05) is 26.8 Å². The number of carbonyl (C=O) groups is 4. The number of ether oxygens (including phenoxy) is 4. The SMILES string of the molecule is CN(C(=O)C12CC3OC(=O)C1N(Cc1cccc(C=CC(=O)OCC(F)(F)F)c1)OC2C1OC(C2CC2)(C2CC2)OC31)C(Cc1ccccc1)C(=O)NCCO. The summed E-state index contributed by atoms with van der Waals surface area (Å²) in [6, 6.07) is 13.7. The van der Waals surface area contributed by atoms with Gasteiger partial charge in [0.2, 0.25) is 11.8 Å². The highest BCUT2D eigenvalue weighted by molar-refractivity contribution is 5.96. The first-order valence-corrected chi connectivity index (χ1v) is 19.0. The Bertz CT molecular complexity index is 1860. The summed E-state index contributed by atoms with van der Waals surface area (Å²) in [6.07, 6.45) is -1.79. The first-order chi connectivity index (χ1) is 26.8. The lowest BCUT2D eigenvalue weighted by Crippen LogP contribution is -2.70. The lowest BCUT2D eigenvalue weighted by molar-refractivity contribution is -0.235. The van der Waals surface area contributed by atoms with Gasteiger partial charge in [-0.2, -0.15) is 18.2 Å². The smallest absolute Gasteiger partial charge is 0.422 e. The van der Waals surface area contributed by atoms with Gasteiger partial charge < -0.3 is 34.3 Å². The van der Waals surface area contributed by atoms with Gasteiger partial charge in [0.05, 0.1) is 13.2 Å². The van der Waals surface area contributed by atoms with Crippen molar-refractivity contribution in [2.24, 2.45) is 17.3 Å². The van der Waals surface area contributed by atoms with Crippen molar-refractivity contribution in [3.63, 3.8) is 0 Å². The molecule has 300 valence electrons. The minimum absolute atomic E-state index is 0.0177. The van der Waals surface area contributed by atoms with E-state index in [1.165, 1.54) is 23.1 Å². The van der Waals surface area contributed by atoms with Crippen molar-refractivity contribution in [2.45, 2.75) is 93.5 Å². The van der Waals surface area contributed by atoms with Gasteiger partial charge in [-0.15, -0.1) is 0 Å². The highest BCUT2D eigenvalue weighted by Gasteiger charge is 2.78. The standard InChI is InChI=1S/C40H44F3N3O10/c1-45(28(35(49)44-16-17-47)19-23-6-3-2-4-7-23)37(51)38-20-29-31-32(55-40(54-31,26-11-12-26)27-13-14-27)34(38)56-46(33(38)36(50)53-29)21-25-9-5-8-24(18-25)10-15-30(48)52-22-39(41,42)43/h2-10,15,18,26-29,31-34,47H,11-14,16-17,19-22H2,1H3,(H,44,49). The fraction of sp³-hybridized carbons (Fsp3) is 0.550. The summed E-state index contributed by atoms with van der Waals surface area (Å²) < 4.78 is 61.7. The summed E-state index contributed by atoms with van der Waals surface area (Å²) in [4.78, 5) is 63.4. The van der Waals surface area contributed by atoms with Crippen molar-refractivity contribution >= 4 is 29.8 Å². The molecule has 7 unspecified atom stereocenters. The van der Waals surface area contributed by atoms with Crippen molar-refractivity contribution in [1.29, 1.82) is 0 Å². The number of nitrogens with one attached hydrogen (secondary N) is 1. The van der Waals surface area contributed by atoms with Crippen LogP contribution in [0.4, 0.5) is 13.2 Å². The van der Waals surface area contributed by atoms with Crippen LogP contribution < -0.4 is 5.32 Å². The van der Waals surface area contributed by atoms with Crippen LogP contribution in [-0.4, -0.2) is 114 Å². The molecule has 0 radical (unpaired) electrons. The molecule has 6 aliphatic rings. The van der Waals surface area contributed by atoms with E-state index in [0.717, 1.165) is 37.3 Å². The number of hydrogen-bond acceptors (Lipinski definition) is 11. The molecule has 2 aromatic carbocycles. The third-order valence-corrected chi connectivity index (χ3v) is 11.7. The van der Waals surface area contributed by atoms with Gasteiger partial charge in [-0.05, 0) is 48.4 Å². The molecule has 13 nitrogen and oxygen atoms in total. The molecule has 6 fully saturated rings. The number of benzene rings is 2. The van der Waals surface area contributed by atoms with Crippen LogP contribution in [0.1, 0.15) is 48.8 Å². The van der Waals surface area contributed by atoms with E-state index in [4.69, 9.17) is 19.0 Å². The third kappa shape index (κ3) is 7.21. The fourth-order valence-corrected chi connectivity index (χ4v) is 9.00. The molecule has 0 aromatic heterocycles. The van der Waals surface area contributed by atoms with Crippen molar-refractivity contribution in [3.05, 3.63) is 77.4 Å². The molecule has 2 aromatic rings. The third-order valence-electron chi connectivity index (χ3n) is 11.7. The molecule has 3 saturated heterocycles. The van der Waals surface area contributed by atoms with Crippen LogP contribution in [0.15, 0.2) is 60.7 Å². The second-order valence-electron chi connectivity index (χ2n) is 15.6. The van der Waals surface area contributed by atoms with Gasteiger partial charge in [0.1, 0.15) is 35.9 Å². The normalized spacial score (nSPS) is 29.7. The summed E-state index contributed by atoms with van der Waals surface area (Å²) in [5.41, 5.74) is 0.293. The minimum atomic E-state index is -4.66. The average Bonchev–Trinajstić information content (AvgIpc) is 4.13. The number of aliphatic hydroxyl groups excluding tert-OH is 1. The van der Waals surface area contributed by atoms with Crippen molar-refractivity contribution in [1.82, 2.24) is 15.3 Å². The fourth-order valence-electron chi connectivity index (χ4n) is 9.00. The molecule has 56 heavy (non-hydrogen) atoms. The highest BCUT2D eigenvalue weighted by atomic mass is 19.4. The lowest BCUT2D eigenvalue weighted by atomic mass is 9.62. The second-order valence-corrected chi connectivity index (χ2v) is 15.6. The molecular formula is C40H44F3N3O10. The van der Waals surface area contributed by atoms with E-state index in [1.54, 1.807) is 24.3 Å². The maximum atomic E-state index is 15.4. The van der Waals surface area contributed by atoms with Gasteiger partial charge in [0.15, 0.2) is 18.4 Å². The van der Waals surface area contributed by atoms with Crippen LogP contribution in [0.5, 0.6) is 0 Å². The Morgan fingerprint density at radius 3 is 2.41 bits per heavy atom. The largest absolute Gasteiger partial charge is 0.458 e. The van der Waals surface area contributed by atoms with Gasteiger partial charge >= 0.3 is 18.1 Å². The Labute approximate surface area is 321 Å². The van der Waals surface area contributed by atoms with E-state index in [9.17, 15) is 32.7 Å². The number of esters is 2. The van der Waals surface area contributed by atoms with Gasteiger partial charge in [-0.3, -0.25) is 19.2 Å². The first kappa shape index (κ1) is 38.5. The zero-order valence-corrected chi connectivity index (χ0v) is 30.7. The molecular weight excluding hydrogens is 739 g/mol. The summed E-state index contributed by atoms with van der Waals surface area (Å²) in [5, 5.41) is 13.6. The predicted octanol–water partition coefficient (Wildman–Crippen LogP) is 3.08. The molecule has 0 spiro atoms. The number of hydrogen-bond donors (Lipinski definition) is 2. The Morgan fingerprint density at radius 1 is 1.04 bits per heavy atom. The molecule has 3 aliphatic carbocycles. The van der Waals surface area contributed by atoms with Crippen molar-refractivity contribution in [3.8, 4) is 0 Å². The van der Waals surface area contributed by atoms with Crippen molar-refractivity contribution < 1.29 is 61.2 Å². The number of rotatable bonds is 14. The second kappa shape index (κ2) is 14.9. The average molecular weight is 784 g/mol. The van der Waals surface area contributed by atoms with E-state index in [2.05, 4.69) is 10.1 Å². The number of fused-ring (bicyclic) bond motifs is 4. The van der Waals surface area contributed by atoms with E-state index in [1.807, 2.05) is 30.3 Å². The van der Waals surface area contributed by atoms with Gasteiger partial charge in [-0.1, -0.05) is 54.6 Å². The van der Waals surface area contributed by atoms with E-state index in [0.29, 0.717) is 11.1 Å². The number of nitrogens with zero attached hydrogens (tertiary/aromatic N) is 2. The summed E-state index contributed by atoms with van der Waals surface area (Å²) in [6.45, 7) is -2.05. The molecule has 16 heteroatoms. The molecule has 2 N–H and O–H groups in total. The number of hydroxylamine groups is 2. The number of aliphatic hydroxyl groups is 1. The van der Waals surface area contributed by atoms with E-state index < -0.39 is 84.2 Å². The van der Waals surface area contributed by atoms with Gasteiger partial charge in [-0.25, -0.2) is 4.79 Å². The van der Waals surface area contributed by atoms with Gasteiger partial charge in [0.25, 0.3) is 0 Å². The van der Waals surface area contributed by atoms with Crippen LogP contribution in [-0.2, 0) is 55.9 Å². The maximum absolute atomic E-state index is 15.4. The molecule has 7 atom stereocenters. The molecule has 3 aliphatic heterocycles. The lowest BCUT2D eigenvalue weighted by Gasteiger charge is -2.50. The number of halogens is 3. The number of carbonyl (C=O) groups excluding carboxylic acids is 4. The van der Waals surface area contributed by atoms with Crippen LogP contribution >= 0.6 is 0 Å². The summed E-state index contributed by atoms with van der Waals surface area (Å²) in [5.74, 6) is -3.35. The van der Waals surface area contributed by atoms with E-state index in [-0.39, 0.29) is 44.4 Å². The van der Waals surface area contributed by atoms with Gasteiger partial charge in [0, 0.05) is 44.3 Å². The molecule has 3 heterocycles. The number of likely N-dealkylation sites (N-methyl/N-ethyl adjacent to an activating group) is 1. The zero-order chi connectivity index (χ0) is 39.4. The summed E-state index contributed by atoms with van der Waals surface area (Å²) >= 11 is 0. The molecule has 2 amide bonds. The Kier molecular flexibility index (Phi) is 10.2. The maximum Gasteiger partial charge on any atom is 0.422 e. The van der Waals surface area contributed by atoms with E-state index >= 15 is 4.79 Å². The van der Waals surface area contributed by atoms with Crippen LogP contribution in [0.2, 0.25) is 0 Å². The quantitative estimate of drug-likeness (QED) is 0.215. The number of alkyl halides is 3. The molecule has 8 rings (SSSR count). The van der Waals surface area contributed by atoms with Crippen LogP contribution in [0, 0.1) is 17.3 Å². The Hall–Kier alpha value is -4.35.